The first-order valence-corrected chi connectivity index (χ1v) is 9.82. The molecule has 7 heteroatoms. The maximum absolute atomic E-state index is 12.9. The predicted molar refractivity (Wildman–Crippen MR) is 109 cm³/mol. The summed E-state index contributed by atoms with van der Waals surface area (Å²) in [6.07, 6.45) is 1.05. The van der Waals surface area contributed by atoms with E-state index < -0.39 is 6.10 Å². The van der Waals surface area contributed by atoms with Gasteiger partial charge in [-0.05, 0) is 62.1 Å². The summed E-state index contributed by atoms with van der Waals surface area (Å²) in [7, 11) is 0. The van der Waals surface area contributed by atoms with Crippen LogP contribution in [0.4, 0.5) is 14.9 Å². The molecular formula is C22H26FN3O3. The topological polar surface area (TPSA) is 70.7 Å². The molecule has 1 aliphatic heterocycles. The SMILES string of the molecule is CC(Oc1ccccc1)C(=O)NCC1CCN(C(=O)Nc2ccc(F)cc2)CC1. The molecule has 0 bridgehead atoms. The Labute approximate surface area is 170 Å². The number of anilines is 1. The Kier molecular flexibility index (Phi) is 7.05. The van der Waals surface area contributed by atoms with Gasteiger partial charge in [-0.3, -0.25) is 4.79 Å². The number of nitrogens with one attached hydrogen (secondary N) is 2. The van der Waals surface area contributed by atoms with E-state index in [0.29, 0.717) is 37.0 Å². The van der Waals surface area contributed by atoms with E-state index in [1.807, 2.05) is 30.3 Å². The first-order chi connectivity index (χ1) is 14.0. The van der Waals surface area contributed by atoms with Crippen molar-refractivity contribution in [2.75, 3.05) is 25.0 Å². The summed E-state index contributed by atoms with van der Waals surface area (Å²) in [5.41, 5.74) is 0.568. The van der Waals surface area contributed by atoms with Crippen LogP contribution in [0.15, 0.2) is 54.6 Å². The smallest absolute Gasteiger partial charge is 0.321 e. The Balaban J connectivity index is 1.37. The molecule has 1 unspecified atom stereocenters. The van der Waals surface area contributed by atoms with Crippen LogP contribution in [0.5, 0.6) is 5.75 Å². The van der Waals surface area contributed by atoms with Crippen molar-refractivity contribution in [3.8, 4) is 5.75 Å². The van der Waals surface area contributed by atoms with E-state index in [0.717, 1.165) is 12.8 Å². The lowest BCUT2D eigenvalue weighted by Crippen LogP contribution is -2.44. The fourth-order valence-corrected chi connectivity index (χ4v) is 3.22. The standard InChI is InChI=1S/C22H26FN3O3/c1-16(29-20-5-3-2-4-6-20)21(27)24-15-17-11-13-26(14-12-17)22(28)25-19-9-7-18(23)8-10-19/h2-10,16-17H,11-15H2,1H3,(H,24,27)(H,25,28). The summed E-state index contributed by atoms with van der Waals surface area (Å²) >= 11 is 0. The second kappa shape index (κ2) is 9.91. The minimum atomic E-state index is -0.570. The zero-order valence-electron chi connectivity index (χ0n) is 16.4. The van der Waals surface area contributed by atoms with Crippen LogP contribution in [0.1, 0.15) is 19.8 Å². The highest BCUT2D eigenvalue weighted by Crippen LogP contribution is 2.18. The van der Waals surface area contributed by atoms with E-state index >= 15 is 0 Å². The van der Waals surface area contributed by atoms with Crippen molar-refractivity contribution in [1.29, 1.82) is 0 Å². The van der Waals surface area contributed by atoms with Gasteiger partial charge in [0.25, 0.3) is 5.91 Å². The van der Waals surface area contributed by atoms with Crippen LogP contribution in [-0.2, 0) is 4.79 Å². The normalized spacial score (nSPS) is 15.4. The molecule has 0 aliphatic carbocycles. The highest BCUT2D eigenvalue weighted by molar-refractivity contribution is 5.89. The van der Waals surface area contributed by atoms with Gasteiger partial charge in [0.05, 0.1) is 0 Å². The van der Waals surface area contributed by atoms with Gasteiger partial charge in [0.1, 0.15) is 11.6 Å². The van der Waals surface area contributed by atoms with Crippen LogP contribution < -0.4 is 15.4 Å². The minimum Gasteiger partial charge on any atom is -0.481 e. The summed E-state index contributed by atoms with van der Waals surface area (Å²) in [6.45, 7) is 3.52. The van der Waals surface area contributed by atoms with Crippen LogP contribution >= 0.6 is 0 Å². The third-order valence-corrected chi connectivity index (χ3v) is 4.99. The number of para-hydroxylation sites is 1. The molecule has 6 nitrogen and oxygen atoms in total. The molecule has 1 fully saturated rings. The molecule has 1 saturated heterocycles. The van der Waals surface area contributed by atoms with Gasteiger partial charge in [0.2, 0.25) is 0 Å². The number of urea groups is 1. The molecule has 0 radical (unpaired) electrons. The van der Waals surface area contributed by atoms with Gasteiger partial charge in [-0.25, -0.2) is 9.18 Å². The van der Waals surface area contributed by atoms with Crippen LogP contribution in [0.25, 0.3) is 0 Å². The lowest BCUT2D eigenvalue weighted by Gasteiger charge is -2.32. The highest BCUT2D eigenvalue weighted by atomic mass is 19.1. The van der Waals surface area contributed by atoms with Gasteiger partial charge < -0.3 is 20.3 Å². The number of hydrogen-bond donors (Lipinski definition) is 2. The van der Waals surface area contributed by atoms with E-state index in [1.54, 1.807) is 11.8 Å². The molecule has 2 aromatic rings. The Bertz CT molecular complexity index is 806. The van der Waals surface area contributed by atoms with Crippen molar-refractivity contribution in [3.63, 3.8) is 0 Å². The van der Waals surface area contributed by atoms with Crippen molar-refractivity contribution in [2.24, 2.45) is 5.92 Å². The number of halogens is 1. The Morgan fingerprint density at radius 2 is 1.76 bits per heavy atom. The minimum absolute atomic E-state index is 0.148. The zero-order chi connectivity index (χ0) is 20.6. The van der Waals surface area contributed by atoms with Crippen LogP contribution in [0.3, 0.4) is 0 Å². The van der Waals surface area contributed by atoms with Gasteiger partial charge >= 0.3 is 6.03 Å². The third-order valence-electron chi connectivity index (χ3n) is 4.99. The van der Waals surface area contributed by atoms with Gasteiger partial charge in [0, 0.05) is 25.3 Å². The number of ether oxygens (including phenoxy) is 1. The van der Waals surface area contributed by atoms with Crippen molar-refractivity contribution in [2.45, 2.75) is 25.9 Å². The van der Waals surface area contributed by atoms with Crippen molar-refractivity contribution in [1.82, 2.24) is 10.2 Å². The summed E-state index contributed by atoms with van der Waals surface area (Å²) in [5, 5.41) is 5.72. The average Bonchev–Trinajstić information content (AvgIpc) is 2.74. The molecule has 0 spiro atoms. The molecule has 3 rings (SSSR count). The fourth-order valence-electron chi connectivity index (χ4n) is 3.22. The molecule has 3 amide bonds. The second-order valence-electron chi connectivity index (χ2n) is 7.19. The number of carbonyl (C=O) groups excluding carboxylic acids is 2. The molecule has 154 valence electrons. The zero-order valence-corrected chi connectivity index (χ0v) is 16.4. The van der Waals surface area contributed by atoms with Gasteiger partial charge in [-0.2, -0.15) is 0 Å². The van der Waals surface area contributed by atoms with Crippen LogP contribution in [0, 0.1) is 11.7 Å². The molecule has 2 N–H and O–H groups in total. The van der Waals surface area contributed by atoms with Crippen LogP contribution in [-0.4, -0.2) is 42.6 Å². The maximum atomic E-state index is 12.9. The van der Waals surface area contributed by atoms with Gasteiger partial charge in [-0.1, -0.05) is 18.2 Å². The molecule has 1 atom stereocenters. The number of likely N-dealkylation sites (tertiary alicyclic amines) is 1. The lowest BCUT2D eigenvalue weighted by atomic mass is 9.97. The highest BCUT2D eigenvalue weighted by Gasteiger charge is 2.24. The number of benzene rings is 2. The average molecular weight is 399 g/mol. The number of rotatable bonds is 6. The van der Waals surface area contributed by atoms with Crippen molar-refractivity contribution >= 4 is 17.6 Å². The fraction of sp³-hybridized carbons (Fsp3) is 0.364. The summed E-state index contributed by atoms with van der Waals surface area (Å²) < 4.78 is 18.6. The molecule has 1 heterocycles. The molecule has 2 aromatic carbocycles. The van der Waals surface area contributed by atoms with E-state index in [4.69, 9.17) is 4.74 Å². The number of nitrogens with zero attached hydrogens (tertiary/aromatic N) is 1. The summed E-state index contributed by atoms with van der Waals surface area (Å²) in [4.78, 5) is 26.3. The monoisotopic (exact) mass is 399 g/mol. The van der Waals surface area contributed by atoms with E-state index in [-0.39, 0.29) is 17.8 Å². The summed E-state index contributed by atoms with van der Waals surface area (Å²) in [5.74, 6) is 0.494. The largest absolute Gasteiger partial charge is 0.481 e. The van der Waals surface area contributed by atoms with E-state index in [9.17, 15) is 14.0 Å². The maximum Gasteiger partial charge on any atom is 0.321 e. The third kappa shape index (κ3) is 6.20. The quantitative estimate of drug-likeness (QED) is 0.779. The van der Waals surface area contributed by atoms with Gasteiger partial charge in [-0.15, -0.1) is 0 Å². The number of hydrogen-bond acceptors (Lipinski definition) is 3. The molecule has 29 heavy (non-hydrogen) atoms. The number of carbonyl (C=O) groups is 2. The van der Waals surface area contributed by atoms with E-state index in [1.165, 1.54) is 24.3 Å². The molecular weight excluding hydrogens is 373 g/mol. The number of piperidine rings is 1. The van der Waals surface area contributed by atoms with Crippen molar-refractivity contribution < 1.29 is 18.7 Å². The molecule has 0 saturated carbocycles. The molecule has 0 aromatic heterocycles. The van der Waals surface area contributed by atoms with Crippen LogP contribution in [0.2, 0.25) is 0 Å². The predicted octanol–water partition coefficient (Wildman–Crippen LogP) is 3.65. The Hall–Kier alpha value is -3.09. The van der Waals surface area contributed by atoms with Crippen molar-refractivity contribution in [3.05, 3.63) is 60.4 Å². The Morgan fingerprint density at radius 3 is 2.41 bits per heavy atom. The first-order valence-electron chi connectivity index (χ1n) is 9.82. The lowest BCUT2D eigenvalue weighted by molar-refractivity contribution is -0.127. The molecule has 1 aliphatic rings. The number of amides is 3. The van der Waals surface area contributed by atoms with Gasteiger partial charge in [0.15, 0.2) is 6.10 Å². The Morgan fingerprint density at radius 1 is 1.10 bits per heavy atom. The van der Waals surface area contributed by atoms with E-state index in [2.05, 4.69) is 10.6 Å². The second-order valence-corrected chi connectivity index (χ2v) is 7.19. The summed E-state index contributed by atoms with van der Waals surface area (Å²) in [6, 6.07) is 14.8. The first kappa shape index (κ1) is 20.6.